The molecule has 1 saturated carbocycles. The van der Waals surface area contributed by atoms with Crippen LogP contribution in [0.2, 0.25) is 0 Å². The lowest BCUT2D eigenvalue weighted by Gasteiger charge is -2.41. The number of likely N-dealkylation sites (N-methyl/N-ethyl adjacent to an activating group) is 1. The van der Waals surface area contributed by atoms with Crippen LogP contribution >= 0.6 is 0 Å². The van der Waals surface area contributed by atoms with E-state index in [4.69, 9.17) is 4.99 Å². The van der Waals surface area contributed by atoms with Crippen molar-refractivity contribution in [3.8, 4) is 11.1 Å². The molecule has 4 rings (SSSR count). The van der Waals surface area contributed by atoms with Crippen LogP contribution in [-0.4, -0.2) is 49.5 Å². The number of hydrogen-bond acceptors (Lipinski definition) is 4. The quantitative estimate of drug-likeness (QED) is 0.601. The second-order valence-electron chi connectivity index (χ2n) is 10.8. The second kappa shape index (κ2) is 10.3. The molecule has 1 aliphatic carbocycles. The van der Waals surface area contributed by atoms with E-state index in [2.05, 4.69) is 55.6 Å². The Balaban J connectivity index is 1.77. The van der Waals surface area contributed by atoms with E-state index in [-0.39, 0.29) is 28.9 Å². The maximum absolute atomic E-state index is 13.6. The van der Waals surface area contributed by atoms with Gasteiger partial charge in [-0.1, -0.05) is 75.4 Å². The molecule has 1 amide bonds. The number of nitrogens with one attached hydrogen (secondary N) is 1. The summed E-state index contributed by atoms with van der Waals surface area (Å²) in [5, 5.41) is 3.09. The number of aliphatic imine (C=N–C) groups is 1. The van der Waals surface area contributed by atoms with E-state index in [1.165, 1.54) is 0 Å². The van der Waals surface area contributed by atoms with E-state index >= 15 is 0 Å². The van der Waals surface area contributed by atoms with Crippen molar-refractivity contribution < 1.29 is 9.59 Å². The third-order valence-electron chi connectivity index (χ3n) is 7.05. The number of Topliss-reactive ketones (excluding diaryl/α,β-unsaturated/α-hetero) is 1. The highest BCUT2D eigenvalue weighted by Gasteiger charge is 2.47. The first-order chi connectivity index (χ1) is 16.7. The Morgan fingerprint density at radius 3 is 2.29 bits per heavy atom. The Morgan fingerprint density at radius 2 is 1.66 bits per heavy atom. The van der Waals surface area contributed by atoms with Gasteiger partial charge in [-0.2, -0.15) is 0 Å². The van der Waals surface area contributed by atoms with E-state index in [9.17, 15) is 9.59 Å². The van der Waals surface area contributed by atoms with Gasteiger partial charge in [0.05, 0.1) is 5.92 Å². The maximum Gasteiger partial charge on any atom is 0.249 e. The summed E-state index contributed by atoms with van der Waals surface area (Å²) in [5.74, 6) is -0.618. The first-order valence-electron chi connectivity index (χ1n) is 12.6. The number of fused-ring (bicyclic) bond motifs is 1. The molecule has 1 aliphatic heterocycles. The van der Waals surface area contributed by atoms with Gasteiger partial charge in [-0.25, -0.2) is 0 Å². The zero-order valence-corrected chi connectivity index (χ0v) is 21.6. The highest BCUT2D eigenvalue weighted by molar-refractivity contribution is 6.12. The second-order valence-corrected chi connectivity index (χ2v) is 10.8. The lowest BCUT2D eigenvalue weighted by Crippen LogP contribution is -2.45. The summed E-state index contributed by atoms with van der Waals surface area (Å²) in [6, 6.07) is 18.6. The van der Waals surface area contributed by atoms with Crippen LogP contribution in [0, 0.1) is 11.3 Å². The fourth-order valence-corrected chi connectivity index (χ4v) is 5.40. The number of amides is 1. The van der Waals surface area contributed by atoms with Gasteiger partial charge in [-0.15, -0.1) is 0 Å². The fourth-order valence-electron chi connectivity index (χ4n) is 5.40. The van der Waals surface area contributed by atoms with Crippen LogP contribution < -0.4 is 5.32 Å². The van der Waals surface area contributed by atoms with Crippen molar-refractivity contribution in [2.45, 2.75) is 46.0 Å². The van der Waals surface area contributed by atoms with Crippen molar-refractivity contribution in [3.05, 3.63) is 71.4 Å². The van der Waals surface area contributed by atoms with E-state index in [0.29, 0.717) is 25.0 Å². The zero-order valence-electron chi connectivity index (χ0n) is 21.6. The highest BCUT2D eigenvalue weighted by Crippen LogP contribution is 2.47. The van der Waals surface area contributed by atoms with Gasteiger partial charge in [0.25, 0.3) is 0 Å². The molecule has 2 aromatic carbocycles. The SMILES string of the molecule is CCC1=C(C(=O)NCCN(C)C)C(c2ccc(-c3ccccc3)cc2)C2C(=O)CC(C)(C)CC2=N1. The first kappa shape index (κ1) is 25.1. The Bertz CT molecular complexity index is 1140. The largest absolute Gasteiger partial charge is 0.351 e. The van der Waals surface area contributed by atoms with Crippen molar-refractivity contribution in [1.82, 2.24) is 10.2 Å². The number of benzene rings is 2. The predicted octanol–water partition coefficient (Wildman–Crippen LogP) is 5.24. The maximum atomic E-state index is 13.6. The van der Waals surface area contributed by atoms with Gasteiger partial charge < -0.3 is 10.2 Å². The molecule has 0 spiro atoms. The summed E-state index contributed by atoms with van der Waals surface area (Å²) in [6.07, 6.45) is 1.94. The molecule has 2 atom stereocenters. The summed E-state index contributed by atoms with van der Waals surface area (Å²) in [4.78, 5) is 34.1. The molecule has 1 fully saturated rings. The topological polar surface area (TPSA) is 61.8 Å². The number of rotatable bonds is 7. The molecule has 1 N–H and O–H groups in total. The van der Waals surface area contributed by atoms with Gasteiger partial charge in [0.2, 0.25) is 5.91 Å². The first-order valence-corrected chi connectivity index (χ1v) is 12.6. The summed E-state index contributed by atoms with van der Waals surface area (Å²) in [5.41, 5.74) is 5.54. The molecule has 0 radical (unpaired) electrons. The number of allylic oxidation sites excluding steroid dienone is 1. The standard InChI is InChI=1S/C30H37N3O2/c1-6-23-28(29(35)31-16-17-33(4)5)26(27-24(32-23)18-30(2,3)19-25(27)34)22-14-12-21(13-15-22)20-10-8-7-9-11-20/h7-15,26-27H,6,16-19H2,1-5H3,(H,31,35). The molecule has 2 unspecified atom stereocenters. The van der Waals surface area contributed by atoms with Gasteiger partial charge in [0, 0.05) is 42.4 Å². The number of carbonyl (C=O) groups excluding carboxylic acids is 2. The van der Waals surface area contributed by atoms with Gasteiger partial charge in [0.1, 0.15) is 5.78 Å². The van der Waals surface area contributed by atoms with Gasteiger partial charge in [-0.05, 0) is 49.0 Å². The summed E-state index contributed by atoms with van der Waals surface area (Å²) in [6.45, 7) is 7.60. The molecule has 0 aromatic heterocycles. The van der Waals surface area contributed by atoms with Crippen molar-refractivity contribution in [2.24, 2.45) is 16.3 Å². The van der Waals surface area contributed by atoms with Crippen LogP contribution in [0.1, 0.15) is 51.5 Å². The minimum atomic E-state index is -0.379. The molecule has 184 valence electrons. The predicted molar refractivity (Wildman–Crippen MR) is 142 cm³/mol. The molecule has 1 heterocycles. The Labute approximate surface area is 209 Å². The number of carbonyl (C=O) groups is 2. The van der Waals surface area contributed by atoms with Crippen molar-refractivity contribution in [3.63, 3.8) is 0 Å². The molecule has 0 bridgehead atoms. The molecule has 0 saturated heterocycles. The molecule has 5 heteroatoms. The molecule has 35 heavy (non-hydrogen) atoms. The Kier molecular flexibility index (Phi) is 7.36. The van der Waals surface area contributed by atoms with Crippen LogP contribution in [0.5, 0.6) is 0 Å². The van der Waals surface area contributed by atoms with Crippen molar-refractivity contribution >= 4 is 17.4 Å². The summed E-state index contributed by atoms with van der Waals surface area (Å²) >= 11 is 0. The molecule has 5 nitrogen and oxygen atoms in total. The fraction of sp³-hybridized carbons (Fsp3) is 0.433. The lowest BCUT2D eigenvalue weighted by atomic mass is 9.63. The Morgan fingerprint density at radius 1 is 1.00 bits per heavy atom. The third-order valence-corrected chi connectivity index (χ3v) is 7.05. The van der Waals surface area contributed by atoms with Crippen molar-refractivity contribution in [1.29, 1.82) is 0 Å². The van der Waals surface area contributed by atoms with E-state index in [0.717, 1.165) is 41.1 Å². The van der Waals surface area contributed by atoms with Gasteiger partial charge in [0.15, 0.2) is 0 Å². The van der Waals surface area contributed by atoms with Crippen LogP contribution in [0.25, 0.3) is 11.1 Å². The number of hydrogen-bond donors (Lipinski definition) is 1. The average molecular weight is 472 g/mol. The average Bonchev–Trinajstić information content (AvgIpc) is 2.82. The normalized spacial score (nSPS) is 21.5. The monoisotopic (exact) mass is 471 g/mol. The summed E-state index contributed by atoms with van der Waals surface area (Å²) in [7, 11) is 3.97. The van der Waals surface area contributed by atoms with Crippen LogP contribution in [0.3, 0.4) is 0 Å². The van der Waals surface area contributed by atoms with E-state index in [1.54, 1.807) is 0 Å². The lowest BCUT2D eigenvalue weighted by molar-refractivity contribution is -0.124. The van der Waals surface area contributed by atoms with Crippen LogP contribution in [0.15, 0.2) is 70.9 Å². The third kappa shape index (κ3) is 5.46. The molecule has 2 aromatic rings. The van der Waals surface area contributed by atoms with Gasteiger partial charge in [-0.3, -0.25) is 14.6 Å². The number of nitrogens with zero attached hydrogens (tertiary/aromatic N) is 2. The van der Waals surface area contributed by atoms with Crippen LogP contribution in [-0.2, 0) is 9.59 Å². The van der Waals surface area contributed by atoms with E-state index < -0.39 is 0 Å². The minimum absolute atomic E-state index is 0.110. The van der Waals surface area contributed by atoms with E-state index in [1.807, 2.05) is 44.1 Å². The number of ketones is 1. The highest BCUT2D eigenvalue weighted by atomic mass is 16.2. The van der Waals surface area contributed by atoms with Crippen molar-refractivity contribution in [2.75, 3.05) is 27.2 Å². The Hall–Kier alpha value is -3.05. The minimum Gasteiger partial charge on any atom is -0.351 e. The zero-order chi connectivity index (χ0) is 25.2. The van der Waals surface area contributed by atoms with Crippen LogP contribution in [0.4, 0.5) is 0 Å². The summed E-state index contributed by atoms with van der Waals surface area (Å²) < 4.78 is 0. The smallest absolute Gasteiger partial charge is 0.249 e. The molecular formula is C30H37N3O2. The molecule has 2 aliphatic rings. The van der Waals surface area contributed by atoms with Gasteiger partial charge >= 0.3 is 0 Å². The molecular weight excluding hydrogens is 434 g/mol.